The molecule has 108 valence electrons. The fraction of sp³-hybridized carbons (Fsp3) is 0.889. The third kappa shape index (κ3) is 2.00. The Morgan fingerprint density at radius 3 is 2.63 bits per heavy atom. The van der Waals surface area contributed by atoms with Crippen LogP contribution in [0.15, 0.2) is 12.7 Å². The van der Waals surface area contributed by atoms with Crippen LogP contribution in [0.4, 0.5) is 0 Å². The summed E-state index contributed by atoms with van der Waals surface area (Å²) in [5, 5.41) is 0. The molecule has 1 nitrogen and oxygen atoms in total. The molecule has 2 aliphatic carbocycles. The molecule has 0 spiro atoms. The van der Waals surface area contributed by atoms with E-state index in [2.05, 4.69) is 27.4 Å². The van der Waals surface area contributed by atoms with Gasteiger partial charge in [0.25, 0.3) is 0 Å². The average Bonchev–Trinajstić information content (AvgIpc) is 2.37. The van der Waals surface area contributed by atoms with Crippen molar-refractivity contribution in [2.45, 2.75) is 77.4 Å². The van der Waals surface area contributed by atoms with Crippen molar-refractivity contribution in [3.8, 4) is 0 Å². The van der Waals surface area contributed by atoms with Crippen LogP contribution >= 0.6 is 0 Å². The lowest BCUT2D eigenvalue weighted by Crippen LogP contribution is -2.59. The number of ether oxygens (including phenoxy) is 1. The summed E-state index contributed by atoms with van der Waals surface area (Å²) in [6.07, 6.45) is 11.7. The van der Waals surface area contributed by atoms with E-state index < -0.39 is 0 Å². The van der Waals surface area contributed by atoms with Crippen LogP contribution in [0.2, 0.25) is 0 Å². The number of hydrogen-bond donors (Lipinski definition) is 0. The molecule has 0 bridgehead atoms. The molecule has 0 radical (unpaired) electrons. The first-order valence-corrected chi connectivity index (χ1v) is 8.30. The summed E-state index contributed by atoms with van der Waals surface area (Å²) in [5.41, 5.74) is 0.635. The Morgan fingerprint density at radius 1 is 1.11 bits per heavy atom. The highest BCUT2D eigenvalue weighted by atomic mass is 16.5. The van der Waals surface area contributed by atoms with Crippen LogP contribution < -0.4 is 0 Å². The van der Waals surface area contributed by atoms with E-state index in [0.717, 1.165) is 17.8 Å². The summed E-state index contributed by atoms with van der Waals surface area (Å²) in [5.74, 6) is 2.61. The Morgan fingerprint density at radius 2 is 1.89 bits per heavy atom. The Hall–Kier alpha value is -0.300. The number of hydrogen-bond acceptors (Lipinski definition) is 1. The quantitative estimate of drug-likeness (QED) is 0.607. The predicted molar refractivity (Wildman–Crippen MR) is 80.0 cm³/mol. The second kappa shape index (κ2) is 4.62. The van der Waals surface area contributed by atoms with Gasteiger partial charge in [0.1, 0.15) is 0 Å². The molecular formula is C18H30O. The van der Waals surface area contributed by atoms with Gasteiger partial charge in [-0.15, -0.1) is 6.58 Å². The monoisotopic (exact) mass is 262 g/mol. The van der Waals surface area contributed by atoms with Crippen LogP contribution in [0.5, 0.6) is 0 Å². The molecule has 0 amide bonds. The minimum absolute atomic E-state index is 0.111. The largest absolute Gasteiger partial charge is 0.368 e. The molecule has 2 saturated carbocycles. The highest BCUT2D eigenvalue weighted by Gasteiger charge is 2.57. The van der Waals surface area contributed by atoms with E-state index in [9.17, 15) is 0 Å². The average molecular weight is 262 g/mol. The Balaban J connectivity index is 1.89. The van der Waals surface area contributed by atoms with Crippen molar-refractivity contribution >= 4 is 0 Å². The lowest BCUT2D eigenvalue weighted by molar-refractivity contribution is -0.217. The molecule has 6 atom stereocenters. The molecule has 3 fully saturated rings. The fourth-order valence-corrected chi connectivity index (χ4v) is 5.88. The van der Waals surface area contributed by atoms with Gasteiger partial charge < -0.3 is 4.74 Å². The first-order valence-electron chi connectivity index (χ1n) is 8.30. The highest BCUT2D eigenvalue weighted by Crippen LogP contribution is 2.61. The smallest absolute Gasteiger partial charge is 0.0760 e. The normalized spacial score (nSPS) is 54.1. The number of fused-ring (bicyclic) bond motifs is 3. The molecule has 1 saturated heterocycles. The molecule has 0 N–H and O–H groups in total. The molecule has 1 heterocycles. The summed E-state index contributed by atoms with van der Waals surface area (Å²) in [6.45, 7) is 11.4. The second-order valence-electron chi connectivity index (χ2n) is 7.86. The van der Waals surface area contributed by atoms with Crippen molar-refractivity contribution in [2.75, 3.05) is 0 Å². The van der Waals surface area contributed by atoms with Crippen molar-refractivity contribution in [1.29, 1.82) is 0 Å². The maximum atomic E-state index is 6.46. The van der Waals surface area contributed by atoms with Gasteiger partial charge in [0.2, 0.25) is 0 Å². The third-order valence-electron chi connectivity index (χ3n) is 6.82. The maximum Gasteiger partial charge on any atom is 0.0760 e. The third-order valence-corrected chi connectivity index (χ3v) is 6.82. The predicted octanol–water partition coefficient (Wildman–Crippen LogP) is 4.96. The summed E-state index contributed by atoms with van der Waals surface area (Å²) < 4.78 is 6.46. The minimum Gasteiger partial charge on any atom is -0.368 e. The van der Waals surface area contributed by atoms with E-state index >= 15 is 0 Å². The SMILES string of the molecule is C=CC1CCC2C(C)(CCC3C(C)CCCC32C)O1. The highest BCUT2D eigenvalue weighted by molar-refractivity contribution is 5.08. The first-order chi connectivity index (χ1) is 8.99. The molecule has 6 unspecified atom stereocenters. The second-order valence-corrected chi connectivity index (χ2v) is 7.86. The topological polar surface area (TPSA) is 9.23 Å². The van der Waals surface area contributed by atoms with Gasteiger partial charge in [-0.25, -0.2) is 0 Å². The molecule has 1 aliphatic heterocycles. The van der Waals surface area contributed by atoms with Gasteiger partial charge in [0, 0.05) is 0 Å². The van der Waals surface area contributed by atoms with Crippen LogP contribution in [0.3, 0.4) is 0 Å². The molecular weight excluding hydrogens is 232 g/mol. The summed E-state index contributed by atoms with van der Waals surface area (Å²) in [6, 6.07) is 0. The van der Waals surface area contributed by atoms with Crippen molar-refractivity contribution in [3.63, 3.8) is 0 Å². The lowest BCUT2D eigenvalue weighted by Gasteiger charge is -2.61. The van der Waals surface area contributed by atoms with Crippen LogP contribution in [-0.2, 0) is 4.74 Å². The van der Waals surface area contributed by atoms with Crippen LogP contribution in [0, 0.1) is 23.2 Å². The summed E-state index contributed by atoms with van der Waals surface area (Å²) in [4.78, 5) is 0. The molecule has 0 aromatic rings. The van der Waals surface area contributed by atoms with E-state index in [-0.39, 0.29) is 5.60 Å². The van der Waals surface area contributed by atoms with Crippen LogP contribution in [0.1, 0.15) is 65.7 Å². The van der Waals surface area contributed by atoms with Gasteiger partial charge in [0.05, 0.1) is 11.7 Å². The standard InChI is InChI=1S/C18H30O/c1-5-14-8-9-16-17(3)11-6-7-13(2)15(17)10-12-18(16,4)19-14/h5,13-16H,1,6-12H2,2-4H3. The van der Waals surface area contributed by atoms with Gasteiger partial charge in [-0.1, -0.05) is 32.8 Å². The Labute approximate surface area is 118 Å². The van der Waals surface area contributed by atoms with Crippen LogP contribution in [0.25, 0.3) is 0 Å². The van der Waals surface area contributed by atoms with E-state index in [1.165, 1.54) is 44.9 Å². The van der Waals surface area contributed by atoms with Gasteiger partial charge in [-0.2, -0.15) is 0 Å². The molecule has 3 rings (SSSR count). The molecule has 0 aromatic heterocycles. The van der Waals surface area contributed by atoms with Crippen molar-refractivity contribution < 1.29 is 4.74 Å². The molecule has 0 aromatic carbocycles. The van der Waals surface area contributed by atoms with Gasteiger partial charge >= 0.3 is 0 Å². The first kappa shape index (κ1) is 13.7. The Kier molecular flexibility index (Phi) is 3.32. The number of rotatable bonds is 1. The maximum absolute atomic E-state index is 6.46. The van der Waals surface area contributed by atoms with E-state index in [4.69, 9.17) is 4.74 Å². The Bertz CT molecular complexity index is 363. The summed E-state index contributed by atoms with van der Waals surface area (Å²) in [7, 11) is 0. The summed E-state index contributed by atoms with van der Waals surface area (Å²) >= 11 is 0. The van der Waals surface area contributed by atoms with Gasteiger partial charge in [-0.3, -0.25) is 0 Å². The van der Waals surface area contributed by atoms with E-state index in [0.29, 0.717) is 11.5 Å². The molecule has 3 aliphatic rings. The van der Waals surface area contributed by atoms with E-state index in [1.807, 2.05) is 6.08 Å². The zero-order chi connectivity index (χ0) is 13.7. The van der Waals surface area contributed by atoms with Gasteiger partial charge in [-0.05, 0) is 62.2 Å². The molecule has 19 heavy (non-hydrogen) atoms. The van der Waals surface area contributed by atoms with Crippen molar-refractivity contribution in [2.24, 2.45) is 23.2 Å². The fourth-order valence-electron chi connectivity index (χ4n) is 5.88. The molecule has 1 heteroatoms. The lowest BCUT2D eigenvalue weighted by atomic mass is 9.48. The van der Waals surface area contributed by atoms with E-state index in [1.54, 1.807) is 0 Å². The minimum atomic E-state index is 0.111. The zero-order valence-electron chi connectivity index (χ0n) is 13.0. The van der Waals surface area contributed by atoms with Crippen molar-refractivity contribution in [1.82, 2.24) is 0 Å². The van der Waals surface area contributed by atoms with Gasteiger partial charge in [0.15, 0.2) is 0 Å². The van der Waals surface area contributed by atoms with Crippen LogP contribution in [-0.4, -0.2) is 11.7 Å². The zero-order valence-corrected chi connectivity index (χ0v) is 13.0. The van der Waals surface area contributed by atoms with Crippen molar-refractivity contribution in [3.05, 3.63) is 12.7 Å².